The lowest BCUT2D eigenvalue weighted by atomic mass is 10.00. The first-order valence-corrected chi connectivity index (χ1v) is 5.57. The van der Waals surface area contributed by atoms with E-state index in [0.717, 1.165) is 19.5 Å². The maximum absolute atomic E-state index is 11.6. The molecule has 0 bridgehead atoms. The quantitative estimate of drug-likeness (QED) is 0.693. The fourth-order valence-electron chi connectivity index (χ4n) is 2.67. The SMILES string of the molecule is NCCCN1C(=O)NCC2CCCC21. The molecule has 0 aromatic carbocycles. The Morgan fingerprint density at radius 3 is 3.14 bits per heavy atom. The molecule has 2 amide bonds. The second kappa shape index (κ2) is 4.17. The highest BCUT2D eigenvalue weighted by Crippen LogP contribution is 2.31. The molecule has 1 saturated carbocycles. The molecule has 1 heterocycles. The topological polar surface area (TPSA) is 58.4 Å². The van der Waals surface area contributed by atoms with Gasteiger partial charge in [-0.25, -0.2) is 4.79 Å². The zero-order chi connectivity index (χ0) is 9.97. The van der Waals surface area contributed by atoms with Crippen molar-refractivity contribution < 1.29 is 4.79 Å². The molecule has 2 rings (SSSR count). The van der Waals surface area contributed by atoms with Crippen molar-refractivity contribution in [2.24, 2.45) is 11.7 Å². The van der Waals surface area contributed by atoms with E-state index >= 15 is 0 Å². The van der Waals surface area contributed by atoms with Crippen LogP contribution in [0.15, 0.2) is 0 Å². The van der Waals surface area contributed by atoms with E-state index in [4.69, 9.17) is 5.73 Å². The minimum Gasteiger partial charge on any atom is -0.338 e. The monoisotopic (exact) mass is 197 g/mol. The highest BCUT2D eigenvalue weighted by Gasteiger charge is 2.37. The number of carbonyl (C=O) groups is 1. The van der Waals surface area contributed by atoms with Gasteiger partial charge in [-0.05, 0) is 31.7 Å². The van der Waals surface area contributed by atoms with E-state index in [1.54, 1.807) is 0 Å². The van der Waals surface area contributed by atoms with Crippen LogP contribution < -0.4 is 11.1 Å². The van der Waals surface area contributed by atoms with E-state index in [-0.39, 0.29) is 6.03 Å². The first kappa shape index (κ1) is 9.77. The van der Waals surface area contributed by atoms with Gasteiger partial charge in [-0.15, -0.1) is 0 Å². The summed E-state index contributed by atoms with van der Waals surface area (Å²) in [6.07, 6.45) is 4.63. The maximum atomic E-state index is 11.6. The molecule has 0 aromatic rings. The molecule has 4 nitrogen and oxygen atoms in total. The van der Waals surface area contributed by atoms with Gasteiger partial charge in [0, 0.05) is 19.1 Å². The number of hydrogen-bond donors (Lipinski definition) is 2. The van der Waals surface area contributed by atoms with Gasteiger partial charge in [-0.3, -0.25) is 0 Å². The highest BCUT2D eigenvalue weighted by atomic mass is 16.2. The number of amides is 2. The molecule has 0 aromatic heterocycles. The lowest BCUT2D eigenvalue weighted by molar-refractivity contribution is 0.134. The van der Waals surface area contributed by atoms with Crippen LogP contribution in [0.1, 0.15) is 25.7 Å². The van der Waals surface area contributed by atoms with E-state index in [0.29, 0.717) is 18.5 Å². The molecule has 0 radical (unpaired) electrons. The summed E-state index contributed by atoms with van der Waals surface area (Å²) in [6, 6.07) is 0.608. The van der Waals surface area contributed by atoms with E-state index in [2.05, 4.69) is 5.32 Å². The Morgan fingerprint density at radius 1 is 1.50 bits per heavy atom. The molecule has 2 aliphatic rings. The number of carbonyl (C=O) groups excluding carboxylic acids is 1. The number of hydrogen-bond acceptors (Lipinski definition) is 2. The van der Waals surface area contributed by atoms with Crippen LogP contribution >= 0.6 is 0 Å². The van der Waals surface area contributed by atoms with Gasteiger partial charge >= 0.3 is 6.03 Å². The van der Waals surface area contributed by atoms with Crippen molar-refractivity contribution in [2.45, 2.75) is 31.7 Å². The molecule has 4 heteroatoms. The average molecular weight is 197 g/mol. The average Bonchev–Trinajstić information content (AvgIpc) is 2.64. The Morgan fingerprint density at radius 2 is 2.36 bits per heavy atom. The maximum Gasteiger partial charge on any atom is 0.317 e. The van der Waals surface area contributed by atoms with Gasteiger partial charge in [0.2, 0.25) is 0 Å². The zero-order valence-electron chi connectivity index (χ0n) is 8.54. The van der Waals surface area contributed by atoms with Crippen LogP contribution in [0.5, 0.6) is 0 Å². The Kier molecular flexibility index (Phi) is 2.91. The predicted octanol–water partition coefficient (Wildman–Crippen LogP) is 0.529. The van der Waals surface area contributed by atoms with Gasteiger partial charge in [0.15, 0.2) is 0 Å². The molecule has 14 heavy (non-hydrogen) atoms. The van der Waals surface area contributed by atoms with E-state index < -0.39 is 0 Å². The van der Waals surface area contributed by atoms with Crippen LogP contribution in [-0.4, -0.2) is 36.6 Å². The van der Waals surface area contributed by atoms with E-state index in [9.17, 15) is 4.79 Å². The van der Waals surface area contributed by atoms with Crippen molar-refractivity contribution in [1.29, 1.82) is 0 Å². The largest absolute Gasteiger partial charge is 0.338 e. The number of urea groups is 1. The fourth-order valence-corrected chi connectivity index (χ4v) is 2.67. The van der Waals surface area contributed by atoms with Crippen molar-refractivity contribution in [2.75, 3.05) is 19.6 Å². The Balaban J connectivity index is 1.98. The molecule has 1 saturated heterocycles. The third kappa shape index (κ3) is 1.71. The zero-order valence-corrected chi connectivity index (χ0v) is 8.54. The lowest BCUT2D eigenvalue weighted by Gasteiger charge is -2.38. The van der Waals surface area contributed by atoms with Gasteiger partial charge in [-0.2, -0.15) is 0 Å². The summed E-state index contributed by atoms with van der Waals surface area (Å²) in [5.41, 5.74) is 5.47. The summed E-state index contributed by atoms with van der Waals surface area (Å²) in [5, 5.41) is 2.96. The molecule has 2 unspecified atom stereocenters. The molecule has 2 atom stereocenters. The van der Waals surface area contributed by atoms with Crippen LogP contribution in [0, 0.1) is 5.92 Å². The number of nitrogens with two attached hydrogens (primary N) is 1. The highest BCUT2D eigenvalue weighted by molar-refractivity contribution is 5.75. The summed E-state index contributed by atoms with van der Waals surface area (Å²) in [6.45, 7) is 2.37. The number of nitrogens with one attached hydrogen (secondary N) is 1. The molecule has 0 spiro atoms. The first-order valence-electron chi connectivity index (χ1n) is 5.57. The van der Waals surface area contributed by atoms with Crippen molar-refractivity contribution in [1.82, 2.24) is 10.2 Å². The summed E-state index contributed by atoms with van der Waals surface area (Å²) >= 11 is 0. The van der Waals surface area contributed by atoms with Gasteiger partial charge in [-0.1, -0.05) is 6.42 Å². The van der Waals surface area contributed by atoms with Crippen molar-refractivity contribution in [3.8, 4) is 0 Å². The van der Waals surface area contributed by atoms with Gasteiger partial charge in [0.1, 0.15) is 0 Å². The standard InChI is InChI=1S/C10H19N3O/c11-5-2-6-13-9-4-1-3-8(9)7-12-10(13)14/h8-9H,1-7,11H2,(H,12,14). The van der Waals surface area contributed by atoms with Crippen LogP contribution in [0.25, 0.3) is 0 Å². The summed E-state index contributed by atoms with van der Waals surface area (Å²) in [7, 11) is 0. The number of fused-ring (bicyclic) bond motifs is 1. The predicted molar refractivity (Wildman–Crippen MR) is 54.9 cm³/mol. The normalized spacial score (nSPS) is 31.5. The number of rotatable bonds is 3. The van der Waals surface area contributed by atoms with E-state index in [1.165, 1.54) is 19.3 Å². The minimum absolute atomic E-state index is 0.113. The minimum atomic E-state index is 0.113. The smallest absolute Gasteiger partial charge is 0.317 e. The molecule has 1 aliphatic heterocycles. The summed E-state index contributed by atoms with van der Waals surface area (Å²) in [5.74, 6) is 0.686. The third-order valence-corrected chi connectivity index (χ3v) is 3.40. The van der Waals surface area contributed by atoms with Crippen LogP contribution in [0.3, 0.4) is 0 Å². The van der Waals surface area contributed by atoms with Crippen molar-refractivity contribution in [3.63, 3.8) is 0 Å². The second-order valence-corrected chi connectivity index (χ2v) is 4.28. The Bertz CT molecular complexity index is 219. The molecule has 3 N–H and O–H groups in total. The van der Waals surface area contributed by atoms with Crippen LogP contribution in [0.2, 0.25) is 0 Å². The summed E-state index contributed by atoms with van der Waals surface area (Å²) in [4.78, 5) is 13.6. The van der Waals surface area contributed by atoms with Gasteiger partial charge < -0.3 is 16.0 Å². The van der Waals surface area contributed by atoms with Gasteiger partial charge in [0.05, 0.1) is 0 Å². The van der Waals surface area contributed by atoms with Crippen LogP contribution in [-0.2, 0) is 0 Å². The summed E-state index contributed by atoms with van der Waals surface area (Å²) < 4.78 is 0. The third-order valence-electron chi connectivity index (χ3n) is 3.40. The molecular formula is C10H19N3O. The lowest BCUT2D eigenvalue weighted by Crippen LogP contribution is -2.55. The Hall–Kier alpha value is -0.770. The molecular weight excluding hydrogens is 178 g/mol. The fraction of sp³-hybridized carbons (Fsp3) is 0.900. The van der Waals surface area contributed by atoms with Gasteiger partial charge in [0.25, 0.3) is 0 Å². The molecule has 2 fully saturated rings. The Labute approximate surface area is 84.8 Å². The number of nitrogens with zero attached hydrogens (tertiary/aromatic N) is 1. The molecule has 80 valence electrons. The molecule has 1 aliphatic carbocycles. The van der Waals surface area contributed by atoms with Crippen molar-refractivity contribution >= 4 is 6.03 Å². The van der Waals surface area contributed by atoms with E-state index in [1.807, 2.05) is 4.90 Å². The van der Waals surface area contributed by atoms with Crippen molar-refractivity contribution in [3.05, 3.63) is 0 Å². The second-order valence-electron chi connectivity index (χ2n) is 4.28. The van der Waals surface area contributed by atoms with Crippen LogP contribution in [0.4, 0.5) is 4.79 Å². The first-order chi connectivity index (χ1) is 6.83.